The molecule has 5 heteroatoms. The van der Waals surface area contributed by atoms with Crippen LogP contribution in [0.4, 0.5) is 0 Å². The molecule has 0 amide bonds. The lowest BCUT2D eigenvalue weighted by Crippen LogP contribution is -2.13. The van der Waals surface area contributed by atoms with Crippen LogP contribution in [0.15, 0.2) is 41.6 Å². The third-order valence-corrected chi connectivity index (χ3v) is 4.06. The van der Waals surface area contributed by atoms with Crippen LogP contribution in [0.2, 0.25) is 0 Å². The maximum atomic E-state index is 12.1. The number of nitrogens with zero attached hydrogens (tertiary/aromatic N) is 2. The van der Waals surface area contributed by atoms with E-state index in [-0.39, 0.29) is 4.90 Å². The van der Waals surface area contributed by atoms with E-state index in [0.29, 0.717) is 0 Å². The van der Waals surface area contributed by atoms with Crippen molar-refractivity contribution in [2.45, 2.75) is 18.7 Å². The Morgan fingerprint density at radius 2 is 1.94 bits per heavy atom. The highest BCUT2D eigenvalue weighted by Gasteiger charge is 2.16. The van der Waals surface area contributed by atoms with Crippen LogP contribution < -0.4 is 0 Å². The molecule has 2 aromatic rings. The van der Waals surface area contributed by atoms with Crippen LogP contribution in [-0.4, -0.2) is 17.6 Å². The fraction of sp³-hybridized carbons (Fsp3) is 0.182. The van der Waals surface area contributed by atoms with Gasteiger partial charge in [0.15, 0.2) is 0 Å². The zero-order valence-corrected chi connectivity index (χ0v) is 9.90. The summed E-state index contributed by atoms with van der Waals surface area (Å²) in [6.07, 6.45) is 2.86. The van der Waals surface area contributed by atoms with E-state index >= 15 is 0 Å². The van der Waals surface area contributed by atoms with Crippen LogP contribution >= 0.6 is 0 Å². The maximum Gasteiger partial charge on any atom is 0.282 e. The van der Waals surface area contributed by atoms with Gasteiger partial charge in [0.05, 0.1) is 11.1 Å². The van der Waals surface area contributed by atoms with E-state index in [4.69, 9.17) is 0 Å². The third-order valence-electron chi connectivity index (χ3n) is 2.50. The highest BCUT2D eigenvalue weighted by molar-refractivity contribution is 7.89. The van der Waals surface area contributed by atoms with Gasteiger partial charge in [0.1, 0.15) is 0 Å². The molecule has 1 aromatic heterocycles. The Balaban J connectivity index is 2.57. The fourth-order valence-electron chi connectivity index (χ4n) is 1.38. The van der Waals surface area contributed by atoms with E-state index in [0.717, 1.165) is 15.2 Å². The molecule has 0 radical (unpaired) electrons. The van der Waals surface area contributed by atoms with Crippen molar-refractivity contribution < 1.29 is 8.42 Å². The normalized spacial score (nSPS) is 11.6. The van der Waals surface area contributed by atoms with E-state index in [1.165, 1.54) is 12.4 Å². The molecular formula is C11H12N2O2S. The molecule has 1 heterocycles. The maximum absolute atomic E-state index is 12.1. The molecule has 0 atom stereocenters. The van der Waals surface area contributed by atoms with Crippen molar-refractivity contribution in [1.82, 2.24) is 9.19 Å². The van der Waals surface area contributed by atoms with Gasteiger partial charge in [-0.2, -0.15) is 17.6 Å². The summed E-state index contributed by atoms with van der Waals surface area (Å²) in [5.74, 6) is 0. The van der Waals surface area contributed by atoms with E-state index in [1.807, 2.05) is 13.8 Å². The second-order valence-electron chi connectivity index (χ2n) is 3.63. The number of hydrogen-bond acceptors (Lipinski definition) is 3. The number of aromatic nitrogens is 2. The minimum Gasteiger partial charge on any atom is -0.199 e. The third kappa shape index (κ3) is 1.74. The first-order valence-electron chi connectivity index (χ1n) is 4.84. The molecule has 1 aromatic carbocycles. The molecule has 84 valence electrons. The number of hydrogen-bond donors (Lipinski definition) is 0. The molecule has 0 aliphatic rings. The Morgan fingerprint density at radius 3 is 2.50 bits per heavy atom. The molecule has 0 spiro atoms. The largest absolute Gasteiger partial charge is 0.282 e. The van der Waals surface area contributed by atoms with E-state index in [2.05, 4.69) is 5.10 Å². The Kier molecular flexibility index (Phi) is 2.55. The molecule has 0 fully saturated rings. The summed E-state index contributed by atoms with van der Waals surface area (Å²) in [5.41, 5.74) is 2.02. The smallest absolute Gasteiger partial charge is 0.199 e. The summed E-state index contributed by atoms with van der Waals surface area (Å²) < 4.78 is 25.1. The molecule has 0 aliphatic heterocycles. The van der Waals surface area contributed by atoms with Crippen LogP contribution in [0, 0.1) is 13.8 Å². The van der Waals surface area contributed by atoms with Gasteiger partial charge in [0.2, 0.25) is 0 Å². The van der Waals surface area contributed by atoms with Crippen LogP contribution in [0.25, 0.3) is 0 Å². The van der Waals surface area contributed by atoms with Gasteiger partial charge < -0.3 is 0 Å². The van der Waals surface area contributed by atoms with E-state index < -0.39 is 10.0 Å². The molecule has 4 nitrogen and oxygen atoms in total. The molecular weight excluding hydrogens is 224 g/mol. The standard InChI is InChI=1S/C11H12N2O2S/c1-9-4-5-11(8-10(9)2)16(14,15)13-7-3-6-12-13/h3-8H,1-2H3. The summed E-state index contributed by atoms with van der Waals surface area (Å²) in [6.45, 7) is 3.83. The highest BCUT2D eigenvalue weighted by atomic mass is 32.2. The van der Waals surface area contributed by atoms with Crippen LogP contribution in [0.3, 0.4) is 0 Å². The van der Waals surface area contributed by atoms with Crippen molar-refractivity contribution in [2.24, 2.45) is 0 Å². The lowest BCUT2D eigenvalue weighted by atomic mass is 10.1. The monoisotopic (exact) mass is 236 g/mol. The average Bonchev–Trinajstić information content (AvgIpc) is 2.75. The SMILES string of the molecule is Cc1ccc(S(=O)(=O)n2cccn2)cc1C. The predicted octanol–water partition coefficient (Wildman–Crippen LogP) is 1.74. The first-order valence-corrected chi connectivity index (χ1v) is 6.28. The van der Waals surface area contributed by atoms with Crippen LogP contribution in [-0.2, 0) is 10.0 Å². The second kappa shape index (κ2) is 3.75. The molecule has 2 rings (SSSR count). The molecule has 0 bridgehead atoms. The molecule has 0 unspecified atom stereocenters. The van der Waals surface area contributed by atoms with Gasteiger partial charge in [-0.3, -0.25) is 0 Å². The Labute approximate surface area is 94.6 Å². The van der Waals surface area contributed by atoms with Gasteiger partial charge in [-0.1, -0.05) is 6.07 Å². The predicted molar refractivity (Wildman–Crippen MR) is 60.7 cm³/mol. The van der Waals surface area contributed by atoms with Crippen molar-refractivity contribution in [3.8, 4) is 0 Å². The summed E-state index contributed by atoms with van der Waals surface area (Å²) in [7, 11) is -3.53. The molecule has 0 N–H and O–H groups in total. The average molecular weight is 236 g/mol. The summed E-state index contributed by atoms with van der Waals surface area (Å²) in [5, 5.41) is 3.75. The van der Waals surface area contributed by atoms with Crippen LogP contribution in [0.5, 0.6) is 0 Å². The van der Waals surface area contributed by atoms with Crippen molar-refractivity contribution in [3.05, 3.63) is 47.8 Å². The first kappa shape index (κ1) is 10.9. The van der Waals surface area contributed by atoms with Crippen molar-refractivity contribution in [2.75, 3.05) is 0 Å². The van der Waals surface area contributed by atoms with Crippen molar-refractivity contribution in [1.29, 1.82) is 0 Å². The van der Waals surface area contributed by atoms with Gasteiger partial charge >= 0.3 is 0 Å². The summed E-state index contributed by atoms with van der Waals surface area (Å²) >= 11 is 0. The highest BCUT2D eigenvalue weighted by Crippen LogP contribution is 2.16. The van der Waals surface area contributed by atoms with Gasteiger partial charge in [0.25, 0.3) is 10.0 Å². The zero-order valence-electron chi connectivity index (χ0n) is 9.08. The van der Waals surface area contributed by atoms with Gasteiger partial charge in [-0.15, -0.1) is 0 Å². The lowest BCUT2D eigenvalue weighted by molar-refractivity contribution is 0.580. The van der Waals surface area contributed by atoms with Gasteiger partial charge in [0, 0.05) is 6.20 Å². The quantitative estimate of drug-likeness (QED) is 0.798. The van der Waals surface area contributed by atoms with Crippen molar-refractivity contribution >= 4 is 10.0 Å². The number of aryl methyl sites for hydroxylation is 2. The molecule has 16 heavy (non-hydrogen) atoms. The van der Waals surface area contributed by atoms with Gasteiger partial charge in [-0.25, -0.2) is 0 Å². The van der Waals surface area contributed by atoms with Gasteiger partial charge in [-0.05, 0) is 43.2 Å². The minimum atomic E-state index is -3.53. The Morgan fingerprint density at radius 1 is 1.19 bits per heavy atom. The van der Waals surface area contributed by atoms with E-state index in [1.54, 1.807) is 24.3 Å². The Bertz CT molecular complexity index is 601. The van der Waals surface area contributed by atoms with Crippen LogP contribution in [0.1, 0.15) is 11.1 Å². The Hall–Kier alpha value is -1.62. The topological polar surface area (TPSA) is 52.0 Å². The summed E-state index contributed by atoms with van der Waals surface area (Å²) in [4.78, 5) is 0.263. The second-order valence-corrected chi connectivity index (χ2v) is 5.43. The van der Waals surface area contributed by atoms with Crippen molar-refractivity contribution in [3.63, 3.8) is 0 Å². The zero-order chi connectivity index (χ0) is 11.8. The molecule has 0 saturated heterocycles. The fourth-order valence-corrected chi connectivity index (χ4v) is 2.57. The minimum absolute atomic E-state index is 0.263. The summed E-state index contributed by atoms with van der Waals surface area (Å²) in [6, 6.07) is 6.63. The lowest BCUT2D eigenvalue weighted by Gasteiger charge is -2.06. The molecule has 0 saturated carbocycles. The number of benzene rings is 1. The van der Waals surface area contributed by atoms with E-state index in [9.17, 15) is 8.42 Å². The first-order chi connectivity index (χ1) is 7.51. The molecule has 0 aliphatic carbocycles. The number of rotatable bonds is 2.